The Morgan fingerprint density at radius 2 is 1.31 bits per heavy atom. The van der Waals surface area contributed by atoms with Crippen LogP contribution in [-0.4, -0.2) is 42.9 Å². The first-order valence-corrected chi connectivity index (χ1v) is 5.63. The minimum absolute atomic E-state index is 0.167. The summed E-state index contributed by atoms with van der Waals surface area (Å²) in [6, 6.07) is 0. The van der Waals surface area contributed by atoms with Crippen LogP contribution in [-0.2, 0) is 33.6 Å². The van der Waals surface area contributed by atoms with Gasteiger partial charge in [-0.3, -0.25) is 15.1 Å². The molecule has 0 atom stereocenters. The van der Waals surface area contributed by atoms with Crippen molar-refractivity contribution < 1.29 is 49.9 Å². The van der Waals surface area contributed by atoms with Crippen LogP contribution in [0.25, 0.3) is 0 Å². The monoisotopic (exact) mass is 286 g/mol. The standard InChI is InChI=1S/C3H6O.H2O8S2.H2O2/c1-3(2)4;1-7-10(5,6)8-9(2,3)4;1-2/h1-2H3;1H,(H,2,3,4);1-2H. The zero-order valence-corrected chi connectivity index (χ0v) is 9.60. The number of carbonyl (C=O) groups excluding carboxylic acids is 1. The largest absolute Gasteiger partial charge is 0.442 e. The Kier molecular flexibility index (Phi) is 12.4. The molecule has 0 saturated carbocycles. The minimum atomic E-state index is -5.17. The van der Waals surface area contributed by atoms with Gasteiger partial charge in [-0.25, -0.2) is 5.26 Å². The molecule has 0 bridgehead atoms. The molecule has 0 unspecified atom stereocenters. The molecule has 16 heavy (non-hydrogen) atoms. The average molecular weight is 286 g/mol. The summed E-state index contributed by atoms with van der Waals surface area (Å²) in [6.45, 7) is 3.06. The minimum Gasteiger partial charge on any atom is -0.300 e. The maximum atomic E-state index is 9.78. The van der Waals surface area contributed by atoms with E-state index in [1.165, 1.54) is 13.8 Å². The van der Waals surface area contributed by atoms with Gasteiger partial charge in [0.15, 0.2) is 0 Å². The smallest absolute Gasteiger partial charge is 0.300 e. The fourth-order valence-corrected chi connectivity index (χ4v) is 1.06. The van der Waals surface area contributed by atoms with E-state index in [1.807, 2.05) is 0 Å². The van der Waals surface area contributed by atoms with Crippen LogP contribution < -0.4 is 0 Å². The van der Waals surface area contributed by atoms with Gasteiger partial charge in [-0.05, 0) is 13.8 Å². The third kappa shape index (κ3) is 29.2. The van der Waals surface area contributed by atoms with Crippen LogP contribution in [0.2, 0.25) is 0 Å². The molecule has 0 amide bonds. The number of rotatable bonds is 3. The molecule has 100 valence electrons. The molecular weight excluding hydrogens is 276 g/mol. The van der Waals surface area contributed by atoms with Crippen LogP contribution in [0, 0.1) is 0 Å². The van der Waals surface area contributed by atoms with E-state index in [4.69, 9.17) is 20.3 Å². The Morgan fingerprint density at radius 3 is 1.38 bits per heavy atom. The van der Waals surface area contributed by atoms with Crippen molar-refractivity contribution in [2.24, 2.45) is 0 Å². The first-order valence-electron chi connectivity index (χ1n) is 2.94. The Labute approximate surface area is 91.0 Å². The van der Waals surface area contributed by atoms with Gasteiger partial charge in [0, 0.05) is 0 Å². The van der Waals surface area contributed by atoms with Crippen molar-refractivity contribution in [3.8, 4) is 0 Å². The summed E-state index contributed by atoms with van der Waals surface area (Å²) in [5, 5.41) is 19.4. The van der Waals surface area contributed by atoms with Gasteiger partial charge in [0.25, 0.3) is 0 Å². The highest BCUT2D eigenvalue weighted by molar-refractivity contribution is 7.94. The van der Waals surface area contributed by atoms with E-state index in [2.05, 4.69) is 7.96 Å². The number of Topliss-reactive ketones (excluding diaryl/α,β-unsaturated/α-hetero) is 1. The summed E-state index contributed by atoms with van der Waals surface area (Å²) in [7, 11) is -10.2. The average Bonchev–Trinajstić information content (AvgIpc) is 2.03. The number of hydrogen-bond donors (Lipinski definition) is 4. The highest BCUT2D eigenvalue weighted by Crippen LogP contribution is 1.97. The summed E-state index contributed by atoms with van der Waals surface area (Å²) >= 11 is 0. The van der Waals surface area contributed by atoms with Crippen molar-refractivity contribution in [3.05, 3.63) is 0 Å². The number of hydrogen-bond acceptors (Lipinski definition) is 10. The second-order valence-corrected chi connectivity index (χ2v) is 4.25. The van der Waals surface area contributed by atoms with E-state index in [0.29, 0.717) is 0 Å². The Balaban J connectivity index is -0.000000237. The van der Waals surface area contributed by atoms with Gasteiger partial charge in [0.05, 0.1) is 0 Å². The van der Waals surface area contributed by atoms with E-state index < -0.39 is 20.8 Å². The van der Waals surface area contributed by atoms with Crippen molar-refractivity contribution in [2.45, 2.75) is 13.8 Å². The molecule has 0 heterocycles. The summed E-state index contributed by atoms with van der Waals surface area (Å²) in [6.07, 6.45) is 0. The zero-order chi connectivity index (χ0) is 14.0. The third-order valence-electron chi connectivity index (χ3n) is 0.261. The zero-order valence-electron chi connectivity index (χ0n) is 7.96. The Morgan fingerprint density at radius 1 is 1.06 bits per heavy atom. The molecule has 0 aromatic carbocycles. The lowest BCUT2D eigenvalue weighted by Crippen LogP contribution is -2.13. The first-order chi connectivity index (χ1) is 7.00. The van der Waals surface area contributed by atoms with Crippen LogP contribution >= 0.6 is 0 Å². The van der Waals surface area contributed by atoms with Gasteiger partial charge in [0.1, 0.15) is 5.78 Å². The van der Waals surface area contributed by atoms with Gasteiger partial charge in [-0.1, -0.05) is 7.96 Å². The topological polar surface area (TPSA) is 185 Å². The molecule has 0 spiro atoms. The van der Waals surface area contributed by atoms with Crippen molar-refractivity contribution in [3.63, 3.8) is 0 Å². The second kappa shape index (κ2) is 9.55. The van der Waals surface area contributed by atoms with Crippen LogP contribution in [0.5, 0.6) is 0 Å². The lowest BCUT2D eigenvalue weighted by atomic mass is 10.6. The molecule has 0 saturated heterocycles. The molecular formula is C3H10O11S2. The number of ketones is 1. The van der Waals surface area contributed by atoms with Crippen LogP contribution in [0.1, 0.15) is 13.8 Å². The summed E-state index contributed by atoms with van der Waals surface area (Å²) in [5.41, 5.74) is 0. The lowest BCUT2D eigenvalue weighted by molar-refractivity contribution is -0.176. The highest BCUT2D eigenvalue weighted by atomic mass is 32.3. The van der Waals surface area contributed by atoms with E-state index in [-0.39, 0.29) is 5.78 Å². The predicted octanol–water partition coefficient (Wildman–Crippen LogP) is -0.847. The van der Waals surface area contributed by atoms with Gasteiger partial charge in [-0.15, -0.1) is 0 Å². The molecule has 13 heteroatoms. The maximum absolute atomic E-state index is 9.78. The molecule has 0 aliphatic rings. The number of carbonyl (C=O) groups is 1. The van der Waals surface area contributed by atoms with Gasteiger partial charge < -0.3 is 4.79 Å². The van der Waals surface area contributed by atoms with E-state index >= 15 is 0 Å². The van der Waals surface area contributed by atoms with E-state index in [9.17, 15) is 21.6 Å². The predicted molar refractivity (Wildman–Crippen MR) is 46.9 cm³/mol. The van der Waals surface area contributed by atoms with Crippen LogP contribution in [0.3, 0.4) is 0 Å². The molecule has 0 fully saturated rings. The summed E-state index contributed by atoms with van der Waals surface area (Å²) in [5.74, 6) is 0.167. The first kappa shape index (κ1) is 20.7. The van der Waals surface area contributed by atoms with Crippen molar-refractivity contribution in [2.75, 3.05) is 0 Å². The molecule has 0 radical (unpaired) electrons. The van der Waals surface area contributed by atoms with E-state index in [0.717, 1.165) is 0 Å². The van der Waals surface area contributed by atoms with Crippen LogP contribution in [0.15, 0.2) is 0 Å². The Bertz CT molecular complexity index is 358. The van der Waals surface area contributed by atoms with Gasteiger partial charge in [-0.2, -0.15) is 16.8 Å². The lowest BCUT2D eigenvalue weighted by Gasteiger charge is -1.93. The molecule has 0 aromatic heterocycles. The molecule has 11 nitrogen and oxygen atoms in total. The maximum Gasteiger partial charge on any atom is 0.442 e. The Hall–Kier alpha value is -0.670. The van der Waals surface area contributed by atoms with Crippen molar-refractivity contribution >= 4 is 26.6 Å². The highest BCUT2D eigenvalue weighted by Gasteiger charge is 2.20. The summed E-state index contributed by atoms with van der Waals surface area (Å²) in [4.78, 5) is 9.44. The fraction of sp³-hybridized carbons (Fsp3) is 0.667. The molecule has 0 aliphatic heterocycles. The van der Waals surface area contributed by atoms with Gasteiger partial charge in [0.2, 0.25) is 0 Å². The quantitative estimate of drug-likeness (QED) is 0.287. The van der Waals surface area contributed by atoms with E-state index in [1.54, 1.807) is 0 Å². The molecule has 0 rings (SSSR count). The SMILES string of the molecule is CC(C)=O.O=S(=O)(O)OS(=O)(=O)OO.OO. The normalized spacial score (nSPS) is 10.4. The van der Waals surface area contributed by atoms with Crippen molar-refractivity contribution in [1.29, 1.82) is 0 Å². The third-order valence-corrected chi connectivity index (χ3v) is 1.80. The fourth-order valence-electron chi connectivity index (χ4n) is 0.118. The van der Waals surface area contributed by atoms with Gasteiger partial charge >= 0.3 is 20.8 Å². The van der Waals surface area contributed by atoms with Crippen LogP contribution in [0.4, 0.5) is 0 Å². The molecule has 0 aromatic rings. The summed E-state index contributed by atoms with van der Waals surface area (Å²) < 4.78 is 51.7. The van der Waals surface area contributed by atoms with Crippen molar-refractivity contribution in [1.82, 2.24) is 0 Å². The molecule has 4 N–H and O–H groups in total. The molecule has 0 aliphatic carbocycles. The second-order valence-electron chi connectivity index (χ2n) is 1.89.